The Kier molecular flexibility index (Phi) is 4.66. The van der Waals surface area contributed by atoms with Gasteiger partial charge in [0.05, 0.1) is 0 Å². The van der Waals surface area contributed by atoms with Gasteiger partial charge in [0.25, 0.3) is 0 Å². The molecule has 2 saturated heterocycles. The topological polar surface area (TPSA) is 52.6 Å². The second-order valence-corrected chi connectivity index (χ2v) is 6.75. The molecule has 3 rings (SSSR count). The summed E-state index contributed by atoms with van der Waals surface area (Å²) in [7, 11) is 0. The summed E-state index contributed by atoms with van der Waals surface area (Å²) in [5.41, 5.74) is 2.19. The fourth-order valence-electron chi connectivity index (χ4n) is 3.51. The van der Waals surface area contributed by atoms with Gasteiger partial charge in [-0.25, -0.2) is 4.79 Å². The lowest BCUT2D eigenvalue weighted by Crippen LogP contribution is -2.49. The number of piperidine rings is 1. The van der Waals surface area contributed by atoms with E-state index in [4.69, 9.17) is 0 Å². The van der Waals surface area contributed by atoms with Crippen LogP contribution in [0, 0.1) is 0 Å². The van der Waals surface area contributed by atoms with Crippen LogP contribution in [0.2, 0.25) is 0 Å². The SMILES string of the molecule is CC(C)N1CCC(c2cccc(N3CCC(=O)NC3=O)c2)CC1. The monoisotopic (exact) mass is 315 g/mol. The third-order valence-corrected chi connectivity index (χ3v) is 4.97. The average molecular weight is 315 g/mol. The molecule has 23 heavy (non-hydrogen) atoms. The van der Waals surface area contributed by atoms with Gasteiger partial charge in [0.15, 0.2) is 0 Å². The van der Waals surface area contributed by atoms with E-state index in [1.807, 2.05) is 12.1 Å². The molecule has 0 aliphatic carbocycles. The number of nitrogens with one attached hydrogen (secondary N) is 1. The van der Waals surface area contributed by atoms with Gasteiger partial charge in [-0.3, -0.25) is 15.0 Å². The first kappa shape index (κ1) is 16.0. The van der Waals surface area contributed by atoms with Gasteiger partial charge in [-0.05, 0) is 63.4 Å². The minimum atomic E-state index is -0.312. The number of rotatable bonds is 3. The number of urea groups is 1. The molecule has 0 bridgehead atoms. The van der Waals surface area contributed by atoms with Crippen molar-refractivity contribution < 1.29 is 9.59 Å². The molecule has 2 aliphatic rings. The van der Waals surface area contributed by atoms with Crippen LogP contribution in [0.4, 0.5) is 10.5 Å². The van der Waals surface area contributed by atoms with Crippen molar-refractivity contribution in [3.63, 3.8) is 0 Å². The molecule has 2 heterocycles. The van der Waals surface area contributed by atoms with Crippen LogP contribution in [0.5, 0.6) is 0 Å². The number of nitrogens with zero attached hydrogens (tertiary/aromatic N) is 2. The summed E-state index contributed by atoms with van der Waals surface area (Å²) in [4.78, 5) is 27.5. The molecule has 0 saturated carbocycles. The van der Waals surface area contributed by atoms with Crippen molar-refractivity contribution in [3.05, 3.63) is 29.8 Å². The first-order valence-corrected chi connectivity index (χ1v) is 8.50. The molecule has 0 aromatic heterocycles. The zero-order chi connectivity index (χ0) is 16.4. The molecule has 0 atom stereocenters. The Hall–Kier alpha value is -1.88. The van der Waals surface area contributed by atoms with E-state index in [-0.39, 0.29) is 11.9 Å². The van der Waals surface area contributed by atoms with E-state index in [2.05, 4.69) is 36.2 Å². The largest absolute Gasteiger partial charge is 0.328 e. The molecule has 1 aromatic carbocycles. The Morgan fingerprint density at radius 3 is 2.52 bits per heavy atom. The molecule has 2 fully saturated rings. The average Bonchev–Trinajstić information content (AvgIpc) is 2.55. The van der Waals surface area contributed by atoms with Gasteiger partial charge in [0.1, 0.15) is 0 Å². The highest BCUT2D eigenvalue weighted by Gasteiger charge is 2.26. The molecule has 5 heteroatoms. The van der Waals surface area contributed by atoms with Crippen LogP contribution in [0.3, 0.4) is 0 Å². The van der Waals surface area contributed by atoms with Crippen molar-refractivity contribution in [3.8, 4) is 0 Å². The maximum Gasteiger partial charge on any atom is 0.328 e. The van der Waals surface area contributed by atoms with Crippen molar-refractivity contribution in [2.45, 2.75) is 45.1 Å². The smallest absolute Gasteiger partial charge is 0.301 e. The van der Waals surface area contributed by atoms with Crippen LogP contribution in [-0.4, -0.2) is 42.5 Å². The van der Waals surface area contributed by atoms with E-state index in [1.54, 1.807) is 4.90 Å². The van der Waals surface area contributed by atoms with Crippen molar-refractivity contribution in [2.75, 3.05) is 24.5 Å². The van der Waals surface area contributed by atoms with Gasteiger partial charge in [-0.1, -0.05) is 12.1 Å². The van der Waals surface area contributed by atoms with Gasteiger partial charge in [0, 0.05) is 24.7 Å². The Bertz CT molecular complexity index is 592. The van der Waals surface area contributed by atoms with Crippen LogP contribution in [-0.2, 0) is 4.79 Å². The van der Waals surface area contributed by atoms with E-state index in [1.165, 1.54) is 5.56 Å². The highest BCUT2D eigenvalue weighted by atomic mass is 16.2. The van der Waals surface area contributed by atoms with Crippen molar-refractivity contribution in [2.24, 2.45) is 0 Å². The second-order valence-electron chi connectivity index (χ2n) is 6.75. The highest BCUT2D eigenvalue weighted by Crippen LogP contribution is 2.31. The lowest BCUT2D eigenvalue weighted by atomic mass is 9.88. The highest BCUT2D eigenvalue weighted by molar-refractivity contribution is 6.05. The van der Waals surface area contributed by atoms with E-state index in [9.17, 15) is 9.59 Å². The fourth-order valence-corrected chi connectivity index (χ4v) is 3.51. The first-order chi connectivity index (χ1) is 11.0. The number of likely N-dealkylation sites (tertiary alicyclic amines) is 1. The summed E-state index contributed by atoms with van der Waals surface area (Å²) in [6.45, 7) is 7.21. The maximum atomic E-state index is 12.0. The quantitative estimate of drug-likeness (QED) is 0.933. The van der Waals surface area contributed by atoms with E-state index < -0.39 is 0 Å². The van der Waals surface area contributed by atoms with Crippen LogP contribution in [0.15, 0.2) is 24.3 Å². The van der Waals surface area contributed by atoms with E-state index in [0.717, 1.165) is 31.6 Å². The lowest BCUT2D eigenvalue weighted by molar-refractivity contribution is -0.120. The summed E-state index contributed by atoms with van der Waals surface area (Å²) >= 11 is 0. The Morgan fingerprint density at radius 2 is 1.87 bits per heavy atom. The van der Waals surface area contributed by atoms with Crippen LogP contribution in [0.25, 0.3) is 0 Å². The predicted molar refractivity (Wildman–Crippen MR) is 90.6 cm³/mol. The van der Waals surface area contributed by atoms with E-state index >= 15 is 0 Å². The number of amides is 3. The van der Waals surface area contributed by atoms with E-state index in [0.29, 0.717) is 24.9 Å². The summed E-state index contributed by atoms with van der Waals surface area (Å²) in [5.74, 6) is 0.364. The Balaban J connectivity index is 1.71. The summed E-state index contributed by atoms with van der Waals surface area (Å²) in [5, 5.41) is 2.39. The minimum Gasteiger partial charge on any atom is -0.301 e. The number of hydrogen-bond acceptors (Lipinski definition) is 3. The number of hydrogen-bond donors (Lipinski definition) is 1. The van der Waals surface area contributed by atoms with Gasteiger partial charge < -0.3 is 4.90 Å². The number of anilines is 1. The number of carbonyl (C=O) groups is 2. The van der Waals surface area contributed by atoms with Crippen LogP contribution in [0.1, 0.15) is 44.6 Å². The van der Waals surface area contributed by atoms with Crippen molar-refractivity contribution in [1.82, 2.24) is 10.2 Å². The zero-order valence-electron chi connectivity index (χ0n) is 13.9. The van der Waals surface area contributed by atoms with Gasteiger partial charge in [-0.15, -0.1) is 0 Å². The second kappa shape index (κ2) is 6.71. The van der Waals surface area contributed by atoms with Gasteiger partial charge in [-0.2, -0.15) is 0 Å². The molecule has 124 valence electrons. The summed E-state index contributed by atoms with van der Waals surface area (Å²) in [6, 6.07) is 8.53. The number of imide groups is 1. The molecule has 0 unspecified atom stereocenters. The van der Waals surface area contributed by atoms with Crippen molar-refractivity contribution in [1.29, 1.82) is 0 Å². The van der Waals surface area contributed by atoms with Crippen LogP contribution >= 0.6 is 0 Å². The van der Waals surface area contributed by atoms with Crippen LogP contribution < -0.4 is 10.2 Å². The Morgan fingerprint density at radius 1 is 1.13 bits per heavy atom. The molecular formula is C18H25N3O2. The molecule has 0 radical (unpaired) electrons. The third-order valence-electron chi connectivity index (χ3n) is 4.97. The third kappa shape index (κ3) is 3.55. The molecule has 2 aliphatic heterocycles. The standard InChI is InChI=1S/C18H25N3O2/c1-13(2)20-9-6-14(7-10-20)15-4-3-5-16(12-15)21-11-8-17(22)19-18(21)23/h3-5,12-14H,6-11H2,1-2H3,(H,19,22,23). The molecular weight excluding hydrogens is 290 g/mol. The molecule has 5 nitrogen and oxygen atoms in total. The van der Waals surface area contributed by atoms with Gasteiger partial charge in [0.2, 0.25) is 5.91 Å². The number of carbonyl (C=O) groups excluding carboxylic acids is 2. The fraction of sp³-hybridized carbons (Fsp3) is 0.556. The molecule has 0 spiro atoms. The molecule has 1 N–H and O–H groups in total. The summed E-state index contributed by atoms with van der Waals surface area (Å²) < 4.78 is 0. The normalized spacial score (nSPS) is 20.9. The predicted octanol–water partition coefficient (Wildman–Crippen LogP) is 2.72. The first-order valence-electron chi connectivity index (χ1n) is 8.50. The number of benzene rings is 1. The molecule has 3 amide bonds. The minimum absolute atomic E-state index is 0.191. The van der Waals surface area contributed by atoms with Gasteiger partial charge >= 0.3 is 6.03 Å². The Labute approximate surface area is 137 Å². The molecule has 1 aromatic rings. The summed E-state index contributed by atoms with van der Waals surface area (Å²) in [6.07, 6.45) is 2.68. The lowest BCUT2D eigenvalue weighted by Gasteiger charge is -2.35. The van der Waals surface area contributed by atoms with Crippen molar-refractivity contribution >= 4 is 17.6 Å². The maximum absolute atomic E-state index is 12.0. The zero-order valence-corrected chi connectivity index (χ0v) is 13.9.